The second-order valence-electron chi connectivity index (χ2n) is 3.40. The zero-order valence-electron chi connectivity index (χ0n) is 7.87. The van der Waals surface area contributed by atoms with E-state index in [9.17, 15) is 0 Å². The van der Waals surface area contributed by atoms with Gasteiger partial charge in [-0.2, -0.15) is 0 Å². The third kappa shape index (κ3) is 2.59. The van der Waals surface area contributed by atoms with Crippen LogP contribution in [0.3, 0.4) is 0 Å². The van der Waals surface area contributed by atoms with Crippen molar-refractivity contribution in [3.8, 4) is 0 Å². The molecule has 1 fully saturated rings. The summed E-state index contributed by atoms with van der Waals surface area (Å²) in [5.74, 6) is 0. The first-order valence-electron chi connectivity index (χ1n) is 4.80. The lowest BCUT2D eigenvalue weighted by atomic mass is 10.1. The highest BCUT2D eigenvalue weighted by Crippen LogP contribution is 2.15. The Bertz CT molecular complexity index is 283. The van der Waals surface area contributed by atoms with Crippen LogP contribution in [0.4, 0.5) is 5.69 Å². The summed E-state index contributed by atoms with van der Waals surface area (Å²) in [6.07, 6.45) is 3.88. The van der Waals surface area contributed by atoms with Gasteiger partial charge in [-0.05, 0) is 25.0 Å². The van der Waals surface area contributed by atoms with Crippen molar-refractivity contribution in [2.45, 2.75) is 18.9 Å². The minimum atomic E-state index is 0.506. The van der Waals surface area contributed by atoms with Crippen molar-refractivity contribution in [3.05, 3.63) is 23.5 Å². The highest BCUT2D eigenvalue weighted by molar-refractivity contribution is 6.29. The molecule has 2 rings (SSSR count). The molecule has 14 heavy (non-hydrogen) atoms. The molecule has 0 saturated carbocycles. The van der Waals surface area contributed by atoms with Gasteiger partial charge < -0.3 is 10.1 Å². The molecule has 4 heteroatoms. The molecule has 0 bridgehead atoms. The summed E-state index contributed by atoms with van der Waals surface area (Å²) in [6, 6.07) is 4.25. The molecule has 2 heterocycles. The van der Waals surface area contributed by atoms with Crippen LogP contribution >= 0.6 is 11.6 Å². The number of hydrogen-bond acceptors (Lipinski definition) is 3. The van der Waals surface area contributed by atoms with Crippen LogP contribution in [0, 0.1) is 0 Å². The molecule has 0 aliphatic carbocycles. The number of halogens is 1. The van der Waals surface area contributed by atoms with E-state index in [1.165, 1.54) is 0 Å². The lowest BCUT2D eigenvalue weighted by molar-refractivity contribution is 0.0904. The van der Waals surface area contributed by atoms with Gasteiger partial charge in [-0.3, -0.25) is 0 Å². The fourth-order valence-corrected chi connectivity index (χ4v) is 1.65. The summed E-state index contributed by atoms with van der Waals surface area (Å²) in [4.78, 5) is 4.02. The zero-order chi connectivity index (χ0) is 9.80. The summed E-state index contributed by atoms with van der Waals surface area (Å²) in [5.41, 5.74) is 1.03. The molecule has 1 aliphatic heterocycles. The summed E-state index contributed by atoms with van der Waals surface area (Å²) < 4.78 is 5.28. The minimum absolute atomic E-state index is 0.506. The van der Waals surface area contributed by atoms with Crippen molar-refractivity contribution >= 4 is 17.3 Å². The summed E-state index contributed by atoms with van der Waals surface area (Å²) in [6.45, 7) is 1.69. The number of hydrogen-bond donors (Lipinski definition) is 1. The fraction of sp³-hybridized carbons (Fsp3) is 0.500. The molecule has 0 unspecified atom stereocenters. The first kappa shape index (κ1) is 9.74. The second kappa shape index (κ2) is 4.62. The maximum atomic E-state index is 5.70. The third-order valence-corrected chi connectivity index (χ3v) is 2.54. The zero-order valence-corrected chi connectivity index (χ0v) is 8.63. The van der Waals surface area contributed by atoms with E-state index in [1.54, 1.807) is 12.3 Å². The van der Waals surface area contributed by atoms with Crippen molar-refractivity contribution in [1.29, 1.82) is 0 Å². The van der Waals surface area contributed by atoms with E-state index in [0.717, 1.165) is 31.7 Å². The van der Waals surface area contributed by atoms with Crippen molar-refractivity contribution in [1.82, 2.24) is 4.98 Å². The van der Waals surface area contributed by atoms with Crippen LogP contribution in [0.1, 0.15) is 12.8 Å². The van der Waals surface area contributed by atoms with E-state index in [1.807, 2.05) is 6.07 Å². The average molecular weight is 213 g/mol. The molecule has 1 saturated heterocycles. The maximum absolute atomic E-state index is 5.70. The smallest absolute Gasteiger partial charge is 0.129 e. The topological polar surface area (TPSA) is 34.1 Å². The van der Waals surface area contributed by atoms with Crippen LogP contribution < -0.4 is 5.32 Å². The van der Waals surface area contributed by atoms with Gasteiger partial charge in [-0.15, -0.1) is 0 Å². The van der Waals surface area contributed by atoms with Crippen LogP contribution in [-0.2, 0) is 4.74 Å². The van der Waals surface area contributed by atoms with Gasteiger partial charge in [0, 0.05) is 19.3 Å². The Kier molecular flexibility index (Phi) is 3.22. The van der Waals surface area contributed by atoms with E-state index in [-0.39, 0.29) is 0 Å². The minimum Gasteiger partial charge on any atom is -0.381 e. The predicted molar refractivity (Wildman–Crippen MR) is 56.7 cm³/mol. The average Bonchev–Trinajstić information content (AvgIpc) is 2.23. The number of nitrogens with one attached hydrogen (secondary N) is 1. The third-order valence-electron chi connectivity index (χ3n) is 2.32. The van der Waals surface area contributed by atoms with Gasteiger partial charge in [0.05, 0.1) is 11.9 Å². The number of aromatic nitrogens is 1. The fourth-order valence-electron chi connectivity index (χ4n) is 1.54. The lowest BCUT2D eigenvalue weighted by Crippen LogP contribution is -2.27. The number of anilines is 1. The summed E-state index contributed by atoms with van der Waals surface area (Å²) in [5, 5.41) is 3.94. The highest BCUT2D eigenvalue weighted by atomic mass is 35.5. The number of nitrogens with zero attached hydrogens (tertiary/aromatic N) is 1. The Morgan fingerprint density at radius 3 is 2.79 bits per heavy atom. The van der Waals surface area contributed by atoms with E-state index in [4.69, 9.17) is 16.3 Å². The molecule has 0 radical (unpaired) electrons. The first-order chi connectivity index (χ1) is 6.84. The standard InChI is InChI=1S/C10H13ClN2O/c11-10-2-1-9(7-12-10)13-8-3-5-14-6-4-8/h1-2,7-8,13H,3-6H2. The normalized spacial score (nSPS) is 18.1. The van der Waals surface area contributed by atoms with Gasteiger partial charge in [0.15, 0.2) is 0 Å². The van der Waals surface area contributed by atoms with Gasteiger partial charge >= 0.3 is 0 Å². The molecule has 0 aromatic carbocycles. The van der Waals surface area contributed by atoms with Crippen molar-refractivity contribution in [3.63, 3.8) is 0 Å². The molecule has 1 aromatic rings. The highest BCUT2D eigenvalue weighted by Gasteiger charge is 2.12. The van der Waals surface area contributed by atoms with Gasteiger partial charge in [0.25, 0.3) is 0 Å². The van der Waals surface area contributed by atoms with Gasteiger partial charge in [-0.1, -0.05) is 11.6 Å². The largest absolute Gasteiger partial charge is 0.381 e. The van der Waals surface area contributed by atoms with Crippen LogP contribution in [0.25, 0.3) is 0 Å². The van der Waals surface area contributed by atoms with Crippen LogP contribution in [0.15, 0.2) is 18.3 Å². The molecular formula is C10H13ClN2O. The summed E-state index contributed by atoms with van der Waals surface area (Å²) in [7, 11) is 0. The van der Waals surface area contributed by atoms with E-state index in [2.05, 4.69) is 10.3 Å². The van der Waals surface area contributed by atoms with Crippen LogP contribution in [-0.4, -0.2) is 24.2 Å². The Morgan fingerprint density at radius 2 is 2.14 bits per heavy atom. The maximum Gasteiger partial charge on any atom is 0.129 e. The second-order valence-corrected chi connectivity index (χ2v) is 3.79. The molecular weight excluding hydrogens is 200 g/mol. The predicted octanol–water partition coefficient (Wildman–Crippen LogP) is 2.33. The molecule has 0 atom stereocenters. The molecule has 76 valence electrons. The Morgan fingerprint density at radius 1 is 1.36 bits per heavy atom. The van der Waals surface area contributed by atoms with Crippen LogP contribution in [0.5, 0.6) is 0 Å². The number of ether oxygens (including phenoxy) is 1. The van der Waals surface area contributed by atoms with E-state index >= 15 is 0 Å². The number of rotatable bonds is 2. The molecule has 1 N–H and O–H groups in total. The Balaban J connectivity index is 1.92. The molecule has 0 spiro atoms. The lowest BCUT2D eigenvalue weighted by Gasteiger charge is -2.23. The molecule has 3 nitrogen and oxygen atoms in total. The van der Waals surface area contributed by atoms with Crippen LogP contribution in [0.2, 0.25) is 5.15 Å². The van der Waals surface area contributed by atoms with Crippen molar-refractivity contribution in [2.24, 2.45) is 0 Å². The first-order valence-corrected chi connectivity index (χ1v) is 5.18. The van der Waals surface area contributed by atoms with E-state index < -0.39 is 0 Å². The molecule has 1 aromatic heterocycles. The van der Waals surface area contributed by atoms with Gasteiger partial charge in [0.2, 0.25) is 0 Å². The van der Waals surface area contributed by atoms with E-state index in [0.29, 0.717) is 11.2 Å². The molecule has 1 aliphatic rings. The Hall–Kier alpha value is -0.800. The monoisotopic (exact) mass is 212 g/mol. The van der Waals surface area contributed by atoms with Crippen molar-refractivity contribution < 1.29 is 4.74 Å². The Labute approximate surface area is 88.4 Å². The van der Waals surface area contributed by atoms with Crippen molar-refractivity contribution in [2.75, 3.05) is 18.5 Å². The SMILES string of the molecule is Clc1ccc(NC2CCOCC2)cn1. The van der Waals surface area contributed by atoms with Gasteiger partial charge in [-0.25, -0.2) is 4.98 Å². The molecule has 0 amide bonds. The number of pyridine rings is 1. The quantitative estimate of drug-likeness (QED) is 0.765. The van der Waals surface area contributed by atoms with Gasteiger partial charge in [0.1, 0.15) is 5.15 Å². The summed E-state index contributed by atoms with van der Waals surface area (Å²) >= 11 is 5.70.